The smallest absolute Gasteiger partial charge is 0.0547 e. The van der Waals surface area contributed by atoms with E-state index in [9.17, 15) is 0 Å². The first-order chi connectivity index (χ1) is 32.0. The summed E-state index contributed by atoms with van der Waals surface area (Å²) in [4.78, 5) is 2.40. The summed E-state index contributed by atoms with van der Waals surface area (Å²) >= 11 is 0. The fraction of sp³-hybridized carbons (Fsp3) is 0.0476. The number of para-hydroxylation sites is 2. The Hall–Kier alpha value is -8.20. The summed E-state index contributed by atoms with van der Waals surface area (Å²) in [6.45, 7) is 4.70. The standard InChI is InChI=1S/C63H46N2/c1-63(2)58-25-12-9-23-54(58)57-42-52(37-39-59(57)63)65-61-27-14-11-24-55(61)56-38-32-48(41-62(56)65)47-20-15-21-49(40-47)53-22-10-13-26-60(53)64(50-33-28-45(29-34-50)43-16-5-3-6-17-43)51-35-30-46(31-36-51)44-18-7-4-8-19-44/h3-42H,1-2H3. The maximum Gasteiger partial charge on any atom is 0.0547 e. The van der Waals surface area contributed by atoms with Crippen molar-refractivity contribution in [1.82, 2.24) is 4.57 Å². The van der Waals surface area contributed by atoms with Gasteiger partial charge in [0.15, 0.2) is 0 Å². The molecule has 0 radical (unpaired) electrons. The van der Waals surface area contributed by atoms with Gasteiger partial charge in [0.1, 0.15) is 0 Å². The molecule has 65 heavy (non-hydrogen) atoms. The number of rotatable bonds is 8. The molecule has 0 fully saturated rings. The molecule has 0 aliphatic heterocycles. The Labute approximate surface area is 381 Å². The number of hydrogen-bond acceptors (Lipinski definition) is 1. The van der Waals surface area contributed by atoms with E-state index in [0.717, 1.165) is 28.2 Å². The van der Waals surface area contributed by atoms with E-state index in [4.69, 9.17) is 0 Å². The van der Waals surface area contributed by atoms with Crippen LogP contribution in [0.1, 0.15) is 25.0 Å². The Morgan fingerprint density at radius 2 is 0.831 bits per heavy atom. The van der Waals surface area contributed by atoms with Crippen LogP contribution in [0.3, 0.4) is 0 Å². The fourth-order valence-corrected chi connectivity index (χ4v) is 10.3. The van der Waals surface area contributed by atoms with Crippen molar-refractivity contribution in [3.8, 4) is 61.3 Å². The first kappa shape index (κ1) is 38.5. The Balaban J connectivity index is 0.968. The summed E-state index contributed by atoms with van der Waals surface area (Å²) < 4.78 is 2.46. The van der Waals surface area contributed by atoms with Crippen molar-refractivity contribution in [3.63, 3.8) is 0 Å². The number of hydrogen-bond donors (Lipinski definition) is 0. The Bertz CT molecular complexity index is 3460. The van der Waals surface area contributed by atoms with Crippen LogP contribution < -0.4 is 4.90 Å². The van der Waals surface area contributed by atoms with Crippen LogP contribution in [0.15, 0.2) is 243 Å². The lowest BCUT2D eigenvalue weighted by atomic mass is 9.82. The van der Waals surface area contributed by atoms with Crippen LogP contribution in [0.25, 0.3) is 83.1 Å². The first-order valence-electron chi connectivity index (χ1n) is 22.6. The third-order valence-corrected chi connectivity index (χ3v) is 13.6. The molecular weight excluding hydrogens is 785 g/mol. The van der Waals surface area contributed by atoms with E-state index < -0.39 is 0 Å². The highest BCUT2D eigenvalue weighted by molar-refractivity contribution is 6.10. The van der Waals surface area contributed by atoms with Gasteiger partial charge in [-0.3, -0.25) is 0 Å². The van der Waals surface area contributed by atoms with Crippen molar-refractivity contribution in [2.75, 3.05) is 4.90 Å². The van der Waals surface area contributed by atoms with Gasteiger partial charge in [-0.05, 0) is 122 Å². The number of aromatic nitrogens is 1. The lowest BCUT2D eigenvalue weighted by molar-refractivity contribution is 0.660. The normalized spacial score (nSPS) is 12.6. The van der Waals surface area contributed by atoms with Crippen LogP contribution in [-0.4, -0.2) is 4.57 Å². The van der Waals surface area contributed by atoms with Gasteiger partial charge < -0.3 is 9.47 Å². The molecule has 11 aromatic rings. The van der Waals surface area contributed by atoms with E-state index in [-0.39, 0.29) is 5.41 Å². The summed E-state index contributed by atoms with van der Waals surface area (Å²) in [7, 11) is 0. The average Bonchev–Trinajstić information content (AvgIpc) is 3.82. The number of benzene rings is 10. The molecule has 0 amide bonds. The van der Waals surface area contributed by atoms with Crippen LogP contribution in [0.4, 0.5) is 17.1 Å². The molecule has 0 atom stereocenters. The van der Waals surface area contributed by atoms with E-state index in [0.29, 0.717) is 0 Å². The van der Waals surface area contributed by atoms with Gasteiger partial charge in [0.25, 0.3) is 0 Å². The fourth-order valence-electron chi connectivity index (χ4n) is 10.3. The summed E-state index contributed by atoms with van der Waals surface area (Å²) in [5, 5.41) is 2.51. The molecule has 0 saturated carbocycles. The Morgan fingerprint density at radius 3 is 1.54 bits per heavy atom. The third-order valence-electron chi connectivity index (χ3n) is 13.6. The molecule has 1 aromatic heterocycles. The van der Waals surface area contributed by atoms with Gasteiger partial charge in [-0.15, -0.1) is 0 Å². The van der Waals surface area contributed by atoms with Gasteiger partial charge in [-0.1, -0.05) is 196 Å². The second-order valence-corrected chi connectivity index (χ2v) is 17.7. The van der Waals surface area contributed by atoms with Crippen LogP contribution in [0.2, 0.25) is 0 Å². The number of fused-ring (bicyclic) bond motifs is 6. The quantitative estimate of drug-likeness (QED) is 0.148. The second-order valence-electron chi connectivity index (χ2n) is 17.7. The minimum atomic E-state index is -0.0426. The maximum atomic E-state index is 2.46. The summed E-state index contributed by atoms with van der Waals surface area (Å²) in [6.07, 6.45) is 0. The molecule has 308 valence electrons. The van der Waals surface area contributed by atoms with Crippen molar-refractivity contribution in [2.24, 2.45) is 0 Å². The van der Waals surface area contributed by atoms with Gasteiger partial charge in [0.2, 0.25) is 0 Å². The van der Waals surface area contributed by atoms with Gasteiger partial charge in [-0.25, -0.2) is 0 Å². The molecule has 10 aromatic carbocycles. The highest BCUT2D eigenvalue weighted by Crippen LogP contribution is 2.50. The molecule has 1 heterocycles. The highest BCUT2D eigenvalue weighted by Gasteiger charge is 2.35. The third kappa shape index (κ3) is 6.57. The molecule has 0 bridgehead atoms. The first-order valence-corrected chi connectivity index (χ1v) is 22.6. The zero-order valence-electron chi connectivity index (χ0n) is 36.5. The summed E-state index contributed by atoms with van der Waals surface area (Å²) in [6, 6.07) is 88.8. The molecule has 1 aliphatic rings. The maximum absolute atomic E-state index is 2.46. The Morgan fingerprint density at radius 1 is 0.323 bits per heavy atom. The monoisotopic (exact) mass is 830 g/mol. The van der Waals surface area contributed by atoms with Gasteiger partial charge >= 0.3 is 0 Å². The molecule has 0 spiro atoms. The largest absolute Gasteiger partial charge is 0.310 e. The van der Waals surface area contributed by atoms with E-state index in [1.54, 1.807) is 0 Å². The lowest BCUT2D eigenvalue weighted by Gasteiger charge is -2.28. The van der Waals surface area contributed by atoms with E-state index in [1.807, 2.05) is 0 Å². The molecule has 1 aliphatic carbocycles. The van der Waals surface area contributed by atoms with Crippen LogP contribution in [0, 0.1) is 0 Å². The molecular formula is C63H46N2. The molecule has 12 rings (SSSR count). The predicted molar refractivity (Wildman–Crippen MR) is 275 cm³/mol. The van der Waals surface area contributed by atoms with Crippen LogP contribution in [-0.2, 0) is 5.41 Å². The molecule has 0 saturated heterocycles. The zero-order chi connectivity index (χ0) is 43.5. The SMILES string of the molecule is CC1(C)c2ccccc2-c2cc(-n3c4ccccc4c4ccc(-c5cccc(-c6ccccc6N(c6ccc(-c7ccccc7)cc6)c6ccc(-c7ccccc7)cc6)c5)cc43)ccc21. The van der Waals surface area contributed by atoms with Gasteiger partial charge in [-0.2, -0.15) is 0 Å². The van der Waals surface area contributed by atoms with Crippen molar-refractivity contribution < 1.29 is 0 Å². The lowest BCUT2D eigenvalue weighted by Crippen LogP contribution is -2.14. The molecule has 0 N–H and O–H groups in total. The number of anilines is 3. The molecule has 2 nitrogen and oxygen atoms in total. The predicted octanol–water partition coefficient (Wildman–Crippen LogP) is 17.2. The van der Waals surface area contributed by atoms with Crippen LogP contribution in [0.5, 0.6) is 0 Å². The average molecular weight is 831 g/mol. The van der Waals surface area contributed by atoms with Crippen molar-refractivity contribution in [2.45, 2.75) is 19.3 Å². The van der Waals surface area contributed by atoms with Gasteiger partial charge in [0.05, 0.1) is 16.7 Å². The van der Waals surface area contributed by atoms with Crippen molar-refractivity contribution in [1.29, 1.82) is 0 Å². The number of nitrogens with zero attached hydrogens (tertiary/aromatic N) is 2. The summed E-state index contributed by atoms with van der Waals surface area (Å²) in [5.74, 6) is 0. The minimum Gasteiger partial charge on any atom is -0.310 e. The highest BCUT2D eigenvalue weighted by atomic mass is 15.1. The zero-order valence-corrected chi connectivity index (χ0v) is 36.5. The van der Waals surface area contributed by atoms with E-state index in [2.05, 4.69) is 266 Å². The van der Waals surface area contributed by atoms with E-state index >= 15 is 0 Å². The topological polar surface area (TPSA) is 8.17 Å². The second kappa shape index (κ2) is 15.6. The Kier molecular flexibility index (Phi) is 9.21. The minimum absolute atomic E-state index is 0.0426. The van der Waals surface area contributed by atoms with E-state index in [1.165, 1.54) is 83.1 Å². The summed E-state index contributed by atoms with van der Waals surface area (Å²) in [5.41, 5.74) is 21.7. The van der Waals surface area contributed by atoms with Crippen molar-refractivity contribution in [3.05, 3.63) is 254 Å². The van der Waals surface area contributed by atoms with Crippen LogP contribution >= 0.6 is 0 Å². The van der Waals surface area contributed by atoms with Gasteiger partial charge in [0, 0.05) is 38.8 Å². The molecule has 0 unspecified atom stereocenters. The van der Waals surface area contributed by atoms with Crippen molar-refractivity contribution >= 4 is 38.9 Å². The molecule has 2 heteroatoms.